The second kappa shape index (κ2) is 9.71. The predicted molar refractivity (Wildman–Crippen MR) is 111 cm³/mol. The minimum Gasteiger partial charge on any atom is -0.478 e. The number of carbonyl (C=O) groups is 1. The molecule has 154 valence electrons. The highest BCUT2D eigenvalue weighted by Crippen LogP contribution is 2.40. The molecule has 0 aromatic heterocycles. The smallest absolute Gasteiger partial charge is 0.335 e. The van der Waals surface area contributed by atoms with Gasteiger partial charge in [0.05, 0.1) is 16.2 Å². The monoisotopic (exact) mass is 419 g/mol. The molecule has 0 aliphatic heterocycles. The van der Waals surface area contributed by atoms with Crippen molar-refractivity contribution in [3.63, 3.8) is 0 Å². The number of hydrogen-bond donors (Lipinski definition) is 4. The Hall–Kier alpha value is -2.65. The van der Waals surface area contributed by atoms with Crippen molar-refractivity contribution in [1.29, 1.82) is 0 Å². The molecule has 0 fully saturated rings. The molecule has 4 N–H and O–H groups in total. The largest absolute Gasteiger partial charge is 0.478 e. The second-order valence-electron chi connectivity index (χ2n) is 6.29. The van der Waals surface area contributed by atoms with E-state index in [9.17, 15) is 19.6 Å². The van der Waals surface area contributed by atoms with Crippen molar-refractivity contribution in [3.8, 4) is 0 Å². The van der Waals surface area contributed by atoms with Gasteiger partial charge in [-0.1, -0.05) is 24.6 Å². The quantitative estimate of drug-likeness (QED) is 0.315. The molecule has 0 spiro atoms. The first-order chi connectivity index (χ1) is 13.7. The number of nitrogens with one attached hydrogen (secondary N) is 1. The first-order valence-electron chi connectivity index (χ1n) is 8.94. The summed E-state index contributed by atoms with van der Waals surface area (Å²) in [4.78, 5) is 10.1. The van der Waals surface area contributed by atoms with Gasteiger partial charge in [-0.2, -0.15) is 5.43 Å². The lowest BCUT2D eigenvalue weighted by molar-refractivity contribution is -1.20. The second-order valence-corrected chi connectivity index (χ2v) is 7.33. The molecule has 8 heteroatoms. The van der Waals surface area contributed by atoms with Crippen LogP contribution in [0.4, 0.5) is 10.1 Å². The van der Waals surface area contributed by atoms with E-state index in [0.29, 0.717) is 5.69 Å². The van der Waals surface area contributed by atoms with Crippen LogP contribution in [0.3, 0.4) is 0 Å². The van der Waals surface area contributed by atoms with E-state index in [0.717, 1.165) is 34.2 Å². The van der Waals surface area contributed by atoms with E-state index in [2.05, 4.69) is 5.43 Å². The molecule has 6 nitrogen and oxygen atoms in total. The summed E-state index contributed by atoms with van der Waals surface area (Å²) in [6, 6.07) is 11.6. The van der Waals surface area contributed by atoms with Gasteiger partial charge < -0.3 is 5.11 Å². The van der Waals surface area contributed by atoms with Crippen LogP contribution < -0.4 is 5.43 Å². The van der Waals surface area contributed by atoms with E-state index in [1.165, 1.54) is 36.4 Å². The number of hydroxylamine groups is 2. The van der Waals surface area contributed by atoms with Crippen LogP contribution in [0.15, 0.2) is 65.2 Å². The maximum atomic E-state index is 13.3. The van der Waals surface area contributed by atoms with Crippen LogP contribution in [0.2, 0.25) is 0 Å². The van der Waals surface area contributed by atoms with Crippen LogP contribution in [-0.4, -0.2) is 26.4 Å². The van der Waals surface area contributed by atoms with Gasteiger partial charge in [0.25, 0.3) is 5.03 Å². The van der Waals surface area contributed by atoms with Crippen LogP contribution in [0, 0.1) is 5.82 Å². The zero-order valence-electron chi connectivity index (χ0n) is 16.4. The van der Waals surface area contributed by atoms with Crippen LogP contribution in [0.1, 0.15) is 43.1 Å². The number of rotatable bonds is 8. The summed E-state index contributed by atoms with van der Waals surface area (Å²) >= 11 is 1.15. The summed E-state index contributed by atoms with van der Waals surface area (Å²) in [5, 5.41) is 30.3. The molecular formula is C21H24FN2O4S+. The van der Waals surface area contributed by atoms with Crippen molar-refractivity contribution in [3.05, 3.63) is 82.2 Å². The van der Waals surface area contributed by atoms with Crippen LogP contribution in [-0.2, 0) is 0 Å². The lowest BCUT2D eigenvalue weighted by Crippen LogP contribution is -2.44. The third-order valence-corrected chi connectivity index (χ3v) is 5.69. The van der Waals surface area contributed by atoms with Gasteiger partial charge in [-0.05, 0) is 80.1 Å². The Balaban J connectivity index is 2.29. The van der Waals surface area contributed by atoms with E-state index in [-0.39, 0.29) is 16.4 Å². The number of thioether (sulfide) groups is 1. The maximum absolute atomic E-state index is 13.3. The van der Waals surface area contributed by atoms with Crippen molar-refractivity contribution in [1.82, 2.24) is 0 Å². The van der Waals surface area contributed by atoms with E-state index in [4.69, 9.17) is 5.11 Å². The Morgan fingerprint density at radius 3 is 2.14 bits per heavy atom. The van der Waals surface area contributed by atoms with Gasteiger partial charge in [0.1, 0.15) is 5.82 Å². The summed E-state index contributed by atoms with van der Waals surface area (Å²) in [7, 11) is 0. The van der Waals surface area contributed by atoms with Crippen LogP contribution in [0.25, 0.3) is 4.91 Å². The predicted octanol–water partition coefficient (Wildman–Crippen LogP) is 5.88. The molecule has 0 aliphatic rings. The summed E-state index contributed by atoms with van der Waals surface area (Å²) in [6.45, 7) is 5.58. The minimum absolute atomic E-state index is 0.0882. The van der Waals surface area contributed by atoms with E-state index < -0.39 is 10.9 Å². The van der Waals surface area contributed by atoms with Crippen molar-refractivity contribution in [2.75, 3.05) is 5.43 Å². The molecule has 0 atom stereocenters. The minimum atomic E-state index is -1.63. The summed E-state index contributed by atoms with van der Waals surface area (Å²) in [5.41, 5.74) is 4.72. The number of allylic oxidation sites excluding steroid dienone is 2. The standard InChI is InChI=1S/C21H23FN2O4S/c1-4-14(3)20(15-6-10-17(22)11-7-15)29-19(5-2)24(27,28)23-18-12-8-16(9-13-18)21(25)26/h5-13,23,27-28H,4H2,1-3H3/p+1/b19-5-,20-14?. The van der Waals surface area contributed by atoms with Gasteiger partial charge in [-0.15, -0.1) is 10.4 Å². The fraction of sp³-hybridized carbons (Fsp3) is 0.190. The fourth-order valence-corrected chi connectivity index (χ4v) is 3.56. The van der Waals surface area contributed by atoms with Gasteiger partial charge in [0.2, 0.25) is 0 Å². The number of quaternary nitrogens is 1. The molecule has 29 heavy (non-hydrogen) atoms. The highest BCUT2D eigenvalue weighted by atomic mass is 32.2. The number of carboxylic acids is 1. The van der Waals surface area contributed by atoms with Gasteiger partial charge in [0, 0.05) is 4.91 Å². The van der Waals surface area contributed by atoms with Crippen molar-refractivity contribution in [2.45, 2.75) is 27.2 Å². The lowest BCUT2D eigenvalue weighted by atomic mass is 10.1. The zero-order valence-corrected chi connectivity index (χ0v) is 17.2. The van der Waals surface area contributed by atoms with Crippen molar-refractivity contribution >= 4 is 28.3 Å². The van der Waals surface area contributed by atoms with Crippen molar-refractivity contribution < 1.29 is 29.6 Å². The Morgan fingerprint density at radius 1 is 1.10 bits per heavy atom. The number of anilines is 1. The van der Waals surface area contributed by atoms with Crippen LogP contribution >= 0.6 is 11.8 Å². The average Bonchev–Trinajstić information content (AvgIpc) is 2.69. The third-order valence-electron chi connectivity index (χ3n) is 4.20. The topological polar surface area (TPSA) is 89.8 Å². The number of benzene rings is 2. The molecule has 0 unspecified atom stereocenters. The SMILES string of the molecule is C/C=C(\SC(=C(C)CC)c1ccc(F)cc1)[N+](O)(O)Nc1ccc(C(=O)O)cc1. The molecule has 2 rings (SSSR count). The number of nitrogens with zero attached hydrogens (tertiary/aromatic N) is 1. The molecule has 0 amide bonds. The lowest BCUT2D eigenvalue weighted by Gasteiger charge is -2.24. The van der Waals surface area contributed by atoms with E-state index >= 15 is 0 Å². The fourth-order valence-electron chi connectivity index (χ4n) is 2.48. The molecule has 0 saturated heterocycles. The first kappa shape index (κ1) is 22.6. The zero-order chi connectivity index (χ0) is 21.6. The van der Waals surface area contributed by atoms with Gasteiger partial charge >= 0.3 is 5.97 Å². The first-order valence-corrected chi connectivity index (χ1v) is 9.76. The highest BCUT2D eigenvalue weighted by molar-refractivity contribution is 8.11. The maximum Gasteiger partial charge on any atom is 0.335 e. The molecular weight excluding hydrogens is 395 g/mol. The van der Waals surface area contributed by atoms with E-state index in [1.807, 2.05) is 13.8 Å². The molecule has 2 aromatic rings. The number of carboxylic acid groups (broad SMARTS) is 1. The van der Waals surface area contributed by atoms with Gasteiger partial charge in [-0.3, -0.25) is 0 Å². The Bertz CT molecular complexity index is 923. The highest BCUT2D eigenvalue weighted by Gasteiger charge is 2.32. The number of halogens is 1. The summed E-state index contributed by atoms with van der Waals surface area (Å²) in [6.07, 6.45) is 2.29. The summed E-state index contributed by atoms with van der Waals surface area (Å²) < 4.78 is 13.3. The molecule has 0 heterocycles. The van der Waals surface area contributed by atoms with E-state index in [1.54, 1.807) is 25.1 Å². The Labute approximate surface area is 173 Å². The summed E-state index contributed by atoms with van der Waals surface area (Å²) in [5.74, 6) is -1.42. The third kappa shape index (κ3) is 5.91. The normalized spacial score (nSPS) is 13.1. The molecule has 0 aliphatic carbocycles. The Morgan fingerprint density at radius 2 is 1.66 bits per heavy atom. The average molecular weight is 419 g/mol. The number of hydrogen-bond acceptors (Lipinski definition) is 5. The Kier molecular flexibility index (Phi) is 7.58. The number of aromatic carboxylic acids is 1. The van der Waals surface area contributed by atoms with Crippen LogP contribution in [0.5, 0.6) is 0 Å². The van der Waals surface area contributed by atoms with Gasteiger partial charge in [-0.25, -0.2) is 9.18 Å². The molecule has 0 saturated carbocycles. The molecule has 0 bridgehead atoms. The van der Waals surface area contributed by atoms with Gasteiger partial charge in [0.15, 0.2) is 0 Å². The van der Waals surface area contributed by atoms with Crippen molar-refractivity contribution in [2.24, 2.45) is 0 Å². The molecule has 0 radical (unpaired) electrons. The molecule has 2 aromatic carbocycles.